The van der Waals surface area contributed by atoms with Gasteiger partial charge in [-0.25, -0.2) is 4.39 Å². The standard InChI is InChI=1S/C17H19ClFNS/c1-12-5-3-4-6-17(12)21-11-15(20-2)10-13-9-14(19)7-8-16(13)18/h3-9,15,20H,10-11H2,1-2H3. The van der Waals surface area contributed by atoms with Gasteiger partial charge in [0, 0.05) is 21.7 Å². The topological polar surface area (TPSA) is 12.0 Å². The first-order valence-corrected chi connectivity index (χ1v) is 8.26. The fourth-order valence-corrected chi connectivity index (χ4v) is 3.45. The van der Waals surface area contributed by atoms with Crippen LogP contribution in [0, 0.1) is 12.7 Å². The molecule has 0 heterocycles. The molecule has 1 nitrogen and oxygen atoms in total. The van der Waals surface area contributed by atoms with Gasteiger partial charge in [0.1, 0.15) is 5.82 Å². The van der Waals surface area contributed by atoms with E-state index in [0.717, 1.165) is 11.3 Å². The second kappa shape index (κ2) is 7.83. The zero-order valence-corrected chi connectivity index (χ0v) is 13.8. The monoisotopic (exact) mass is 323 g/mol. The fraction of sp³-hybridized carbons (Fsp3) is 0.294. The van der Waals surface area contributed by atoms with Gasteiger partial charge in [-0.05, 0) is 55.8 Å². The van der Waals surface area contributed by atoms with Crippen LogP contribution in [0.4, 0.5) is 4.39 Å². The molecule has 0 aliphatic rings. The summed E-state index contributed by atoms with van der Waals surface area (Å²) in [6.07, 6.45) is 0.714. The number of aryl methyl sites for hydroxylation is 1. The molecule has 1 unspecified atom stereocenters. The van der Waals surface area contributed by atoms with Gasteiger partial charge in [0.05, 0.1) is 0 Å². The van der Waals surface area contributed by atoms with Crippen LogP contribution in [0.5, 0.6) is 0 Å². The molecule has 2 aromatic carbocycles. The maximum Gasteiger partial charge on any atom is 0.123 e. The van der Waals surface area contributed by atoms with E-state index in [1.165, 1.54) is 22.6 Å². The molecule has 0 aromatic heterocycles. The third kappa shape index (κ3) is 4.73. The second-order valence-electron chi connectivity index (χ2n) is 5.00. The van der Waals surface area contributed by atoms with E-state index in [0.29, 0.717) is 11.4 Å². The Bertz CT molecular complexity index is 603. The van der Waals surface area contributed by atoms with E-state index >= 15 is 0 Å². The van der Waals surface area contributed by atoms with Gasteiger partial charge >= 0.3 is 0 Å². The zero-order valence-electron chi connectivity index (χ0n) is 12.2. The van der Waals surface area contributed by atoms with Crippen LogP contribution in [-0.4, -0.2) is 18.8 Å². The molecule has 4 heteroatoms. The van der Waals surface area contributed by atoms with Crippen LogP contribution in [0.15, 0.2) is 47.4 Å². The molecule has 21 heavy (non-hydrogen) atoms. The highest BCUT2D eigenvalue weighted by atomic mass is 35.5. The Kier molecular flexibility index (Phi) is 6.09. The molecule has 0 bridgehead atoms. The van der Waals surface area contributed by atoms with Crippen LogP contribution in [0.25, 0.3) is 0 Å². The Morgan fingerprint density at radius 1 is 1.24 bits per heavy atom. The summed E-state index contributed by atoms with van der Waals surface area (Å²) in [6, 6.07) is 13.1. The van der Waals surface area contributed by atoms with E-state index in [9.17, 15) is 4.39 Å². The maximum atomic E-state index is 13.3. The summed E-state index contributed by atoms with van der Waals surface area (Å²) in [5.41, 5.74) is 2.13. The molecule has 0 radical (unpaired) electrons. The van der Waals surface area contributed by atoms with E-state index in [1.54, 1.807) is 6.07 Å². The molecular formula is C17H19ClFNS. The van der Waals surface area contributed by atoms with Crippen LogP contribution in [-0.2, 0) is 6.42 Å². The lowest BCUT2D eigenvalue weighted by atomic mass is 10.1. The Morgan fingerprint density at radius 2 is 2.00 bits per heavy atom. The lowest BCUT2D eigenvalue weighted by Crippen LogP contribution is -2.30. The first-order chi connectivity index (χ1) is 10.1. The van der Waals surface area contributed by atoms with Crippen LogP contribution < -0.4 is 5.32 Å². The highest BCUT2D eigenvalue weighted by Crippen LogP contribution is 2.24. The summed E-state index contributed by atoms with van der Waals surface area (Å²) in [4.78, 5) is 1.28. The minimum Gasteiger partial charge on any atom is -0.316 e. The third-order valence-electron chi connectivity index (χ3n) is 3.42. The lowest BCUT2D eigenvalue weighted by Gasteiger charge is -2.17. The molecule has 0 spiro atoms. The van der Waals surface area contributed by atoms with E-state index < -0.39 is 0 Å². The summed E-state index contributed by atoms with van der Waals surface area (Å²) in [7, 11) is 1.93. The molecule has 0 aliphatic carbocycles. The molecule has 1 N–H and O–H groups in total. The first kappa shape index (κ1) is 16.3. The molecule has 0 saturated heterocycles. The molecule has 0 aliphatic heterocycles. The van der Waals surface area contributed by atoms with Crippen molar-refractivity contribution in [3.05, 3.63) is 64.4 Å². The minimum atomic E-state index is -0.240. The van der Waals surface area contributed by atoms with Gasteiger partial charge in [-0.2, -0.15) is 0 Å². The number of rotatable bonds is 6. The van der Waals surface area contributed by atoms with E-state index in [-0.39, 0.29) is 11.9 Å². The van der Waals surface area contributed by atoms with Crippen LogP contribution in [0.1, 0.15) is 11.1 Å². The molecule has 2 rings (SSSR count). The lowest BCUT2D eigenvalue weighted by molar-refractivity contribution is 0.603. The number of nitrogens with one attached hydrogen (secondary N) is 1. The van der Waals surface area contributed by atoms with Gasteiger partial charge in [0.2, 0.25) is 0 Å². The second-order valence-corrected chi connectivity index (χ2v) is 6.47. The molecule has 0 saturated carbocycles. The Hall–Kier alpha value is -1.03. The molecule has 0 amide bonds. The van der Waals surface area contributed by atoms with Crippen LogP contribution in [0.2, 0.25) is 5.02 Å². The summed E-state index contributed by atoms with van der Waals surface area (Å²) < 4.78 is 13.3. The predicted molar refractivity (Wildman–Crippen MR) is 89.9 cm³/mol. The van der Waals surface area contributed by atoms with Crippen molar-refractivity contribution in [2.24, 2.45) is 0 Å². The van der Waals surface area contributed by atoms with Crippen LogP contribution >= 0.6 is 23.4 Å². The normalized spacial score (nSPS) is 12.4. The van der Waals surface area contributed by atoms with Crippen molar-refractivity contribution >= 4 is 23.4 Å². The van der Waals surface area contributed by atoms with E-state index in [1.807, 2.05) is 30.9 Å². The van der Waals surface area contributed by atoms with Gasteiger partial charge in [-0.1, -0.05) is 29.8 Å². The predicted octanol–water partition coefficient (Wildman–Crippen LogP) is 4.71. The van der Waals surface area contributed by atoms with Gasteiger partial charge in [-0.3, -0.25) is 0 Å². The van der Waals surface area contributed by atoms with Gasteiger partial charge < -0.3 is 5.32 Å². The summed E-state index contributed by atoms with van der Waals surface area (Å²) in [5.74, 6) is 0.671. The average molecular weight is 324 g/mol. The number of hydrogen-bond acceptors (Lipinski definition) is 2. The van der Waals surface area contributed by atoms with E-state index in [4.69, 9.17) is 11.6 Å². The number of halogens is 2. The van der Waals surface area contributed by atoms with Gasteiger partial charge in [0.25, 0.3) is 0 Å². The molecule has 112 valence electrons. The molecule has 1 atom stereocenters. The van der Waals surface area contributed by atoms with Crippen molar-refractivity contribution in [3.8, 4) is 0 Å². The highest BCUT2D eigenvalue weighted by molar-refractivity contribution is 7.99. The Balaban J connectivity index is 2.00. The van der Waals surface area contributed by atoms with Crippen molar-refractivity contribution in [1.82, 2.24) is 5.32 Å². The van der Waals surface area contributed by atoms with Crippen LogP contribution in [0.3, 0.4) is 0 Å². The minimum absolute atomic E-state index is 0.240. The number of thioether (sulfide) groups is 1. The summed E-state index contributed by atoms with van der Waals surface area (Å²) >= 11 is 7.95. The quantitative estimate of drug-likeness (QED) is 0.773. The summed E-state index contributed by atoms with van der Waals surface area (Å²) in [5, 5.41) is 3.91. The Morgan fingerprint density at radius 3 is 2.71 bits per heavy atom. The average Bonchev–Trinajstić information content (AvgIpc) is 2.48. The van der Waals surface area contributed by atoms with Gasteiger partial charge in [0.15, 0.2) is 0 Å². The smallest absolute Gasteiger partial charge is 0.123 e. The zero-order chi connectivity index (χ0) is 15.2. The van der Waals surface area contributed by atoms with Crippen molar-refractivity contribution < 1.29 is 4.39 Å². The number of benzene rings is 2. The fourth-order valence-electron chi connectivity index (χ4n) is 2.12. The van der Waals surface area contributed by atoms with Crippen molar-refractivity contribution in [2.45, 2.75) is 24.3 Å². The molecular weight excluding hydrogens is 305 g/mol. The molecule has 0 fully saturated rings. The van der Waals surface area contributed by atoms with Gasteiger partial charge in [-0.15, -0.1) is 11.8 Å². The number of likely N-dealkylation sites (N-methyl/N-ethyl adjacent to an activating group) is 1. The largest absolute Gasteiger partial charge is 0.316 e. The Labute approximate surface area is 134 Å². The SMILES string of the molecule is CNC(CSc1ccccc1C)Cc1cc(F)ccc1Cl. The maximum absolute atomic E-state index is 13.3. The third-order valence-corrected chi connectivity index (χ3v) is 5.12. The number of hydrogen-bond donors (Lipinski definition) is 1. The van der Waals surface area contributed by atoms with Crippen molar-refractivity contribution in [3.63, 3.8) is 0 Å². The van der Waals surface area contributed by atoms with Crippen molar-refractivity contribution in [2.75, 3.05) is 12.8 Å². The molecule has 2 aromatic rings. The van der Waals surface area contributed by atoms with E-state index in [2.05, 4.69) is 24.4 Å². The highest BCUT2D eigenvalue weighted by Gasteiger charge is 2.12. The van der Waals surface area contributed by atoms with Crippen molar-refractivity contribution in [1.29, 1.82) is 0 Å². The first-order valence-electron chi connectivity index (χ1n) is 6.89. The summed E-state index contributed by atoms with van der Waals surface area (Å²) in [6.45, 7) is 2.11.